The van der Waals surface area contributed by atoms with E-state index in [1.54, 1.807) is 13.0 Å². The molecule has 0 spiro atoms. The average molecular weight is 321 g/mol. The molecule has 2 rings (SSSR count). The van der Waals surface area contributed by atoms with E-state index >= 15 is 0 Å². The van der Waals surface area contributed by atoms with E-state index in [-0.39, 0.29) is 24.7 Å². The van der Waals surface area contributed by atoms with Gasteiger partial charge in [-0.25, -0.2) is 9.18 Å². The molecule has 0 aliphatic rings. The highest BCUT2D eigenvalue weighted by Gasteiger charge is 2.20. The van der Waals surface area contributed by atoms with Crippen molar-refractivity contribution < 1.29 is 28.6 Å². The first-order chi connectivity index (χ1) is 10.9. The Bertz CT molecular complexity index is 725. The first kappa shape index (κ1) is 16.7. The average Bonchev–Trinajstić information content (AvgIpc) is 2.90. The molecule has 0 saturated heterocycles. The minimum atomic E-state index is -1.26. The van der Waals surface area contributed by atoms with E-state index in [0.717, 1.165) is 0 Å². The highest BCUT2D eigenvalue weighted by atomic mass is 19.1. The maximum Gasteiger partial charge on any atom is 0.371 e. The van der Waals surface area contributed by atoms with Crippen LogP contribution in [-0.2, 0) is 0 Å². The molecule has 3 N–H and O–H groups in total. The number of aryl methyl sites for hydroxylation is 1. The Morgan fingerprint density at radius 1 is 1.35 bits per heavy atom. The molecule has 1 atom stereocenters. The van der Waals surface area contributed by atoms with Crippen molar-refractivity contribution in [1.29, 1.82) is 0 Å². The van der Waals surface area contributed by atoms with Gasteiger partial charge < -0.3 is 19.9 Å². The van der Waals surface area contributed by atoms with E-state index in [4.69, 9.17) is 9.52 Å². The van der Waals surface area contributed by atoms with Crippen LogP contribution in [0.2, 0.25) is 0 Å². The molecule has 0 radical (unpaired) electrons. The van der Waals surface area contributed by atoms with Gasteiger partial charge in [-0.3, -0.25) is 4.79 Å². The van der Waals surface area contributed by atoms with Crippen LogP contribution >= 0.6 is 0 Å². The number of benzene rings is 1. The zero-order valence-corrected chi connectivity index (χ0v) is 12.4. The molecule has 1 heterocycles. The summed E-state index contributed by atoms with van der Waals surface area (Å²) in [6.07, 6.45) is 0. The molecule has 1 aromatic heterocycles. The summed E-state index contributed by atoms with van der Waals surface area (Å²) in [5.41, 5.74) is 0.946. The van der Waals surface area contributed by atoms with E-state index in [9.17, 15) is 19.1 Å². The molecule has 0 fully saturated rings. The lowest BCUT2D eigenvalue weighted by Gasteiger charge is -2.15. The number of aliphatic hydroxyl groups excluding tert-OH is 1. The first-order valence-corrected chi connectivity index (χ1v) is 6.90. The van der Waals surface area contributed by atoms with E-state index < -0.39 is 23.6 Å². The molecule has 23 heavy (non-hydrogen) atoms. The van der Waals surface area contributed by atoms with Gasteiger partial charge in [0.1, 0.15) is 5.82 Å². The summed E-state index contributed by atoms with van der Waals surface area (Å²) in [6.45, 7) is 1.34. The summed E-state index contributed by atoms with van der Waals surface area (Å²) in [6, 6.07) is 7.00. The smallest absolute Gasteiger partial charge is 0.371 e. The third-order valence-electron chi connectivity index (χ3n) is 3.38. The molecule has 6 nitrogen and oxygen atoms in total. The molecular formula is C16H16FNO5. The number of hydrogen-bond acceptors (Lipinski definition) is 4. The summed E-state index contributed by atoms with van der Waals surface area (Å²) in [5.74, 6) is -3.19. The fourth-order valence-electron chi connectivity index (χ4n) is 2.16. The van der Waals surface area contributed by atoms with Gasteiger partial charge in [0.05, 0.1) is 6.61 Å². The highest BCUT2D eigenvalue weighted by Crippen LogP contribution is 2.17. The van der Waals surface area contributed by atoms with Crippen molar-refractivity contribution in [2.45, 2.75) is 12.8 Å². The third-order valence-corrected chi connectivity index (χ3v) is 3.38. The number of nitrogens with one attached hydrogen (secondary N) is 1. The second-order valence-corrected chi connectivity index (χ2v) is 5.07. The number of furan rings is 1. The van der Waals surface area contributed by atoms with Gasteiger partial charge in [0, 0.05) is 18.0 Å². The van der Waals surface area contributed by atoms with Crippen LogP contribution in [0.4, 0.5) is 4.39 Å². The second-order valence-electron chi connectivity index (χ2n) is 5.07. The van der Waals surface area contributed by atoms with Crippen molar-refractivity contribution in [2.75, 3.05) is 13.2 Å². The van der Waals surface area contributed by atoms with E-state index in [2.05, 4.69) is 5.32 Å². The van der Waals surface area contributed by atoms with Crippen LogP contribution in [0.5, 0.6) is 0 Å². The topological polar surface area (TPSA) is 99.8 Å². The lowest BCUT2D eigenvalue weighted by Crippen LogP contribution is -2.30. The van der Waals surface area contributed by atoms with Crippen LogP contribution in [0.1, 0.15) is 38.2 Å². The van der Waals surface area contributed by atoms with E-state index in [1.165, 1.54) is 24.3 Å². The molecule has 2 aromatic rings. The Kier molecular flexibility index (Phi) is 5.13. The maximum absolute atomic E-state index is 13.2. The Morgan fingerprint density at radius 3 is 2.65 bits per heavy atom. The number of amides is 1. The zero-order chi connectivity index (χ0) is 17.0. The number of carbonyl (C=O) groups excluding carboxylic acids is 1. The molecule has 0 saturated carbocycles. The Morgan fingerprint density at radius 2 is 2.09 bits per heavy atom. The lowest BCUT2D eigenvalue weighted by atomic mass is 10.00. The number of carboxylic acid groups (broad SMARTS) is 1. The number of halogens is 1. The summed E-state index contributed by atoms with van der Waals surface area (Å²) >= 11 is 0. The third kappa shape index (κ3) is 3.95. The number of rotatable bonds is 6. The van der Waals surface area contributed by atoms with Gasteiger partial charge in [-0.2, -0.15) is 0 Å². The zero-order valence-electron chi connectivity index (χ0n) is 12.4. The lowest BCUT2D eigenvalue weighted by molar-refractivity contribution is 0.0659. The normalized spacial score (nSPS) is 12.0. The minimum Gasteiger partial charge on any atom is -0.475 e. The molecule has 0 aliphatic heterocycles. The number of hydrogen-bond donors (Lipinski definition) is 3. The fourth-order valence-corrected chi connectivity index (χ4v) is 2.16. The standard InChI is InChI=1S/C16H16FNO5/c1-9-5-13(16(21)22)23-14(9)15(20)18-7-11(8-19)10-3-2-4-12(17)6-10/h2-6,11,19H,7-8H2,1H3,(H,18,20)(H,21,22). The van der Waals surface area contributed by atoms with Crippen LogP contribution in [-0.4, -0.2) is 35.2 Å². The van der Waals surface area contributed by atoms with Crippen molar-refractivity contribution in [3.63, 3.8) is 0 Å². The molecule has 122 valence electrons. The highest BCUT2D eigenvalue weighted by molar-refractivity contribution is 5.95. The molecule has 0 bridgehead atoms. The molecular weight excluding hydrogens is 305 g/mol. The van der Waals surface area contributed by atoms with Crippen LogP contribution in [0, 0.1) is 12.7 Å². The number of aliphatic hydroxyl groups is 1. The summed E-state index contributed by atoms with van der Waals surface area (Å²) in [4.78, 5) is 22.9. The van der Waals surface area contributed by atoms with Gasteiger partial charge >= 0.3 is 5.97 Å². The Balaban J connectivity index is 2.07. The van der Waals surface area contributed by atoms with Gasteiger partial charge in [-0.15, -0.1) is 0 Å². The molecule has 1 aromatic carbocycles. The molecule has 0 aliphatic carbocycles. The predicted octanol–water partition coefficient (Wildman–Crippen LogP) is 1.93. The summed E-state index contributed by atoms with van der Waals surface area (Å²) in [7, 11) is 0. The van der Waals surface area contributed by atoms with E-state index in [0.29, 0.717) is 11.1 Å². The number of carbonyl (C=O) groups is 2. The van der Waals surface area contributed by atoms with Crippen LogP contribution in [0.3, 0.4) is 0 Å². The number of aromatic carboxylic acids is 1. The Hall–Kier alpha value is -2.67. The van der Waals surface area contributed by atoms with Crippen molar-refractivity contribution in [3.05, 3.63) is 58.8 Å². The minimum absolute atomic E-state index is 0.0569. The van der Waals surface area contributed by atoms with Gasteiger partial charge in [0.25, 0.3) is 5.91 Å². The van der Waals surface area contributed by atoms with Gasteiger partial charge in [0.2, 0.25) is 5.76 Å². The monoisotopic (exact) mass is 321 g/mol. The van der Waals surface area contributed by atoms with Crippen molar-refractivity contribution in [3.8, 4) is 0 Å². The van der Waals surface area contributed by atoms with E-state index in [1.807, 2.05) is 0 Å². The molecule has 1 unspecified atom stereocenters. The van der Waals surface area contributed by atoms with Crippen LogP contribution in [0.15, 0.2) is 34.7 Å². The summed E-state index contributed by atoms with van der Waals surface area (Å²) in [5, 5.41) is 20.8. The van der Waals surface area contributed by atoms with Crippen molar-refractivity contribution >= 4 is 11.9 Å². The van der Waals surface area contributed by atoms with Gasteiger partial charge in [0.15, 0.2) is 5.76 Å². The largest absolute Gasteiger partial charge is 0.475 e. The van der Waals surface area contributed by atoms with Crippen molar-refractivity contribution in [1.82, 2.24) is 5.32 Å². The number of carboxylic acids is 1. The Labute approximate surface area is 131 Å². The molecule has 1 amide bonds. The summed E-state index contributed by atoms with van der Waals surface area (Å²) < 4.78 is 18.2. The predicted molar refractivity (Wildman–Crippen MR) is 79.0 cm³/mol. The second kappa shape index (κ2) is 7.06. The molecule has 7 heteroatoms. The SMILES string of the molecule is Cc1cc(C(=O)O)oc1C(=O)NCC(CO)c1cccc(F)c1. The van der Waals surface area contributed by atoms with Gasteiger partial charge in [-0.1, -0.05) is 12.1 Å². The maximum atomic E-state index is 13.2. The van der Waals surface area contributed by atoms with Crippen LogP contribution in [0.25, 0.3) is 0 Å². The van der Waals surface area contributed by atoms with Gasteiger partial charge in [-0.05, 0) is 30.7 Å². The van der Waals surface area contributed by atoms with Crippen molar-refractivity contribution in [2.24, 2.45) is 0 Å². The fraction of sp³-hybridized carbons (Fsp3) is 0.250. The van der Waals surface area contributed by atoms with Crippen LogP contribution < -0.4 is 5.32 Å². The quantitative estimate of drug-likeness (QED) is 0.755. The first-order valence-electron chi connectivity index (χ1n) is 6.90.